The predicted molar refractivity (Wildman–Crippen MR) is 59.8 cm³/mol. The maximum Gasteiger partial charge on any atom is -0.0149 e. The molecule has 0 amide bonds. The van der Waals surface area contributed by atoms with Gasteiger partial charge >= 0.3 is 0 Å². The molecule has 0 bridgehead atoms. The van der Waals surface area contributed by atoms with Crippen molar-refractivity contribution in [2.75, 3.05) is 0 Å². The van der Waals surface area contributed by atoms with E-state index in [1.165, 1.54) is 44.9 Å². The van der Waals surface area contributed by atoms with Crippen LogP contribution < -0.4 is 0 Å². The summed E-state index contributed by atoms with van der Waals surface area (Å²) in [4.78, 5) is 0. The van der Waals surface area contributed by atoms with Gasteiger partial charge < -0.3 is 0 Å². The summed E-state index contributed by atoms with van der Waals surface area (Å²) in [5.41, 5.74) is 0.405. The second-order valence-corrected chi connectivity index (χ2v) is 4.92. The van der Waals surface area contributed by atoms with E-state index >= 15 is 0 Å². The standard InChI is InChI=1S/C13H24/c1-4-13(3,5-2)11-12-9-7-6-8-10-12/h4,12H,1,5-11H2,2-3H3. The molecule has 13 heavy (non-hydrogen) atoms. The topological polar surface area (TPSA) is 0 Å². The van der Waals surface area contributed by atoms with Gasteiger partial charge in [-0.1, -0.05) is 52.0 Å². The third-order valence-electron chi connectivity index (χ3n) is 3.78. The van der Waals surface area contributed by atoms with Gasteiger partial charge in [0.25, 0.3) is 0 Å². The van der Waals surface area contributed by atoms with Gasteiger partial charge in [-0.3, -0.25) is 0 Å². The lowest BCUT2D eigenvalue weighted by Gasteiger charge is -2.31. The van der Waals surface area contributed by atoms with Crippen molar-refractivity contribution in [1.29, 1.82) is 0 Å². The maximum absolute atomic E-state index is 3.97. The number of rotatable bonds is 4. The summed E-state index contributed by atoms with van der Waals surface area (Å²) in [6.07, 6.45) is 12.1. The lowest BCUT2D eigenvalue weighted by atomic mass is 9.74. The fourth-order valence-corrected chi connectivity index (χ4v) is 2.42. The van der Waals surface area contributed by atoms with E-state index in [0.717, 1.165) is 5.92 Å². The van der Waals surface area contributed by atoms with Crippen LogP contribution in [0.4, 0.5) is 0 Å². The van der Waals surface area contributed by atoms with E-state index in [4.69, 9.17) is 0 Å². The summed E-state index contributed by atoms with van der Waals surface area (Å²) in [5.74, 6) is 0.983. The van der Waals surface area contributed by atoms with Gasteiger partial charge in [-0.2, -0.15) is 0 Å². The third kappa shape index (κ3) is 3.17. The largest absolute Gasteiger partial charge is 0.103 e. The minimum absolute atomic E-state index is 0.405. The first kappa shape index (κ1) is 10.8. The molecular weight excluding hydrogens is 156 g/mol. The van der Waals surface area contributed by atoms with Gasteiger partial charge in [0.1, 0.15) is 0 Å². The van der Waals surface area contributed by atoms with Crippen molar-refractivity contribution in [1.82, 2.24) is 0 Å². The van der Waals surface area contributed by atoms with Crippen molar-refractivity contribution in [3.8, 4) is 0 Å². The summed E-state index contributed by atoms with van der Waals surface area (Å²) in [6.45, 7) is 8.61. The summed E-state index contributed by atoms with van der Waals surface area (Å²) in [6, 6.07) is 0. The van der Waals surface area contributed by atoms with Gasteiger partial charge in [-0.15, -0.1) is 6.58 Å². The molecule has 0 heteroatoms. The number of hydrogen-bond acceptors (Lipinski definition) is 0. The summed E-state index contributed by atoms with van der Waals surface area (Å²) in [7, 11) is 0. The Morgan fingerprint density at radius 2 is 1.92 bits per heavy atom. The Kier molecular flexibility index (Phi) is 4.02. The molecule has 0 aromatic rings. The highest BCUT2D eigenvalue weighted by Gasteiger charge is 2.24. The van der Waals surface area contributed by atoms with Crippen LogP contribution in [0.2, 0.25) is 0 Å². The lowest BCUT2D eigenvalue weighted by molar-refractivity contribution is 0.243. The minimum Gasteiger partial charge on any atom is -0.103 e. The zero-order valence-electron chi connectivity index (χ0n) is 9.31. The Bertz CT molecular complexity index is 153. The van der Waals surface area contributed by atoms with E-state index in [1.807, 2.05) is 0 Å². The molecule has 0 spiro atoms. The average Bonchev–Trinajstić information content (AvgIpc) is 2.19. The van der Waals surface area contributed by atoms with Gasteiger partial charge in [0.15, 0.2) is 0 Å². The van der Waals surface area contributed by atoms with Crippen LogP contribution >= 0.6 is 0 Å². The van der Waals surface area contributed by atoms with Crippen LogP contribution in [0.3, 0.4) is 0 Å². The van der Waals surface area contributed by atoms with Gasteiger partial charge in [0, 0.05) is 0 Å². The van der Waals surface area contributed by atoms with Crippen LogP contribution in [-0.4, -0.2) is 0 Å². The molecule has 0 N–H and O–H groups in total. The Labute approximate surface area is 83.4 Å². The summed E-state index contributed by atoms with van der Waals surface area (Å²) < 4.78 is 0. The van der Waals surface area contributed by atoms with Crippen molar-refractivity contribution in [2.45, 2.75) is 58.8 Å². The van der Waals surface area contributed by atoms with Crippen LogP contribution in [0.1, 0.15) is 58.8 Å². The number of allylic oxidation sites excluding steroid dienone is 1. The van der Waals surface area contributed by atoms with Crippen LogP contribution in [0.5, 0.6) is 0 Å². The zero-order valence-corrected chi connectivity index (χ0v) is 9.31. The van der Waals surface area contributed by atoms with Crippen LogP contribution in [0.15, 0.2) is 12.7 Å². The van der Waals surface area contributed by atoms with E-state index < -0.39 is 0 Å². The molecule has 1 aliphatic rings. The molecule has 76 valence electrons. The molecule has 0 aromatic heterocycles. The molecule has 0 aliphatic heterocycles. The third-order valence-corrected chi connectivity index (χ3v) is 3.78. The highest BCUT2D eigenvalue weighted by Crippen LogP contribution is 2.37. The molecule has 1 aliphatic carbocycles. The normalized spacial score (nSPS) is 23.8. The Morgan fingerprint density at radius 3 is 2.38 bits per heavy atom. The molecule has 1 saturated carbocycles. The minimum atomic E-state index is 0.405. The highest BCUT2D eigenvalue weighted by molar-refractivity contribution is 4.92. The van der Waals surface area contributed by atoms with Crippen molar-refractivity contribution >= 4 is 0 Å². The van der Waals surface area contributed by atoms with Crippen molar-refractivity contribution in [3.05, 3.63) is 12.7 Å². The quantitative estimate of drug-likeness (QED) is 0.556. The second-order valence-electron chi connectivity index (χ2n) is 4.92. The van der Waals surface area contributed by atoms with Crippen LogP contribution in [0.25, 0.3) is 0 Å². The fourth-order valence-electron chi connectivity index (χ4n) is 2.42. The Hall–Kier alpha value is -0.260. The van der Waals surface area contributed by atoms with E-state index in [2.05, 4.69) is 26.5 Å². The molecule has 1 rings (SSSR count). The summed E-state index contributed by atoms with van der Waals surface area (Å²) >= 11 is 0. The molecule has 0 radical (unpaired) electrons. The predicted octanol–water partition coefficient (Wildman–Crippen LogP) is 4.56. The summed E-state index contributed by atoms with van der Waals surface area (Å²) in [5, 5.41) is 0. The van der Waals surface area contributed by atoms with Crippen LogP contribution in [0, 0.1) is 11.3 Å². The molecule has 0 aromatic carbocycles. The first-order valence-corrected chi connectivity index (χ1v) is 5.84. The first-order chi connectivity index (χ1) is 6.20. The van der Waals surface area contributed by atoms with Gasteiger partial charge in [0.2, 0.25) is 0 Å². The van der Waals surface area contributed by atoms with E-state index in [-0.39, 0.29) is 0 Å². The van der Waals surface area contributed by atoms with Crippen molar-refractivity contribution in [3.63, 3.8) is 0 Å². The van der Waals surface area contributed by atoms with E-state index in [1.54, 1.807) is 0 Å². The van der Waals surface area contributed by atoms with Gasteiger partial charge in [0.05, 0.1) is 0 Å². The smallest absolute Gasteiger partial charge is 0.0149 e. The molecule has 1 fully saturated rings. The molecular formula is C13H24. The zero-order chi connectivity index (χ0) is 9.73. The van der Waals surface area contributed by atoms with Crippen molar-refractivity contribution < 1.29 is 0 Å². The Balaban J connectivity index is 2.40. The van der Waals surface area contributed by atoms with E-state index in [9.17, 15) is 0 Å². The number of hydrogen-bond donors (Lipinski definition) is 0. The highest BCUT2D eigenvalue weighted by atomic mass is 14.3. The second kappa shape index (κ2) is 4.83. The molecule has 0 saturated heterocycles. The van der Waals surface area contributed by atoms with Gasteiger partial charge in [-0.25, -0.2) is 0 Å². The van der Waals surface area contributed by atoms with Crippen molar-refractivity contribution in [2.24, 2.45) is 11.3 Å². The SMILES string of the molecule is C=CC(C)(CC)CC1CCCCC1. The maximum atomic E-state index is 3.97. The first-order valence-electron chi connectivity index (χ1n) is 5.84. The van der Waals surface area contributed by atoms with Crippen LogP contribution in [-0.2, 0) is 0 Å². The fraction of sp³-hybridized carbons (Fsp3) is 0.846. The molecule has 1 unspecified atom stereocenters. The van der Waals surface area contributed by atoms with Gasteiger partial charge in [-0.05, 0) is 24.2 Å². The lowest BCUT2D eigenvalue weighted by Crippen LogP contribution is -2.19. The average molecular weight is 180 g/mol. The monoisotopic (exact) mass is 180 g/mol. The molecule has 0 nitrogen and oxygen atoms in total. The molecule has 1 atom stereocenters. The van der Waals surface area contributed by atoms with E-state index in [0.29, 0.717) is 5.41 Å². The Morgan fingerprint density at radius 1 is 1.31 bits per heavy atom. The molecule has 0 heterocycles.